The van der Waals surface area contributed by atoms with Crippen molar-refractivity contribution in [3.8, 4) is 0 Å². The number of aliphatic hydroxyl groups is 1. The number of aromatic nitrogens is 2. The van der Waals surface area contributed by atoms with E-state index in [0.29, 0.717) is 0 Å². The maximum absolute atomic E-state index is 10.9. The number of nitrogens with zero attached hydrogens (tertiary/aromatic N) is 1. The summed E-state index contributed by atoms with van der Waals surface area (Å²) >= 11 is 0. The van der Waals surface area contributed by atoms with Gasteiger partial charge in [-0.25, -0.2) is 4.98 Å². The minimum Gasteiger partial charge on any atom is -0.369 e. The second kappa shape index (κ2) is 5.20. The molecule has 1 heterocycles. The van der Waals surface area contributed by atoms with Gasteiger partial charge in [0.15, 0.2) is 0 Å². The molecule has 1 aromatic rings. The highest BCUT2D eigenvalue weighted by molar-refractivity contribution is 7.72. The van der Waals surface area contributed by atoms with Crippen molar-refractivity contribution in [3.05, 3.63) is 18.2 Å². The summed E-state index contributed by atoms with van der Waals surface area (Å²) in [6.45, 7) is -1.53. The number of aromatic amines is 1. The van der Waals surface area contributed by atoms with Gasteiger partial charge >= 0.3 is 15.2 Å². The maximum Gasteiger partial charge on any atom is 0.371 e. The lowest BCUT2D eigenvalue weighted by Crippen LogP contribution is -2.34. The van der Waals surface area contributed by atoms with Crippen LogP contribution in [0.2, 0.25) is 0 Å². The lowest BCUT2D eigenvalue weighted by Gasteiger charge is -2.28. The van der Waals surface area contributed by atoms with Crippen LogP contribution in [-0.4, -0.2) is 46.3 Å². The minimum absolute atomic E-state index is 0.272. The molecule has 0 fully saturated rings. The van der Waals surface area contributed by atoms with Crippen molar-refractivity contribution < 1.29 is 38.5 Å². The van der Waals surface area contributed by atoms with Crippen molar-refractivity contribution in [1.29, 1.82) is 0 Å². The molecule has 12 heteroatoms. The number of imidazole rings is 1. The first-order chi connectivity index (χ1) is 8.08. The minimum atomic E-state index is -5.48. The molecule has 0 atom stereocenters. The number of H-pyrrole nitrogens is 1. The topological polar surface area (TPSA) is 173 Å². The fraction of sp³-hybridized carbons (Fsp3) is 0.500. The average Bonchev–Trinajstić information content (AvgIpc) is 2.66. The van der Waals surface area contributed by atoms with Crippen LogP contribution in [0, 0.1) is 0 Å². The van der Waals surface area contributed by atoms with Crippen LogP contribution in [0.3, 0.4) is 0 Å². The molecule has 0 spiro atoms. The molecule has 0 saturated carbocycles. The predicted molar refractivity (Wildman–Crippen MR) is 57.3 cm³/mol. The SMILES string of the molecule is O=P(O)(O)C(O)(COCc1ncc[nH]1)P(=O)(O)O. The Labute approximate surface area is 101 Å². The van der Waals surface area contributed by atoms with E-state index >= 15 is 0 Å². The first-order valence-corrected chi connectivity index (χ1v) is 7.70. The van der Waals surface area contributed by atoms with Crippen LogP contribution >= 0.6 is 15.2 Å². The lowest BCUT2D eigenvalue weighted by atomic mass is 10.6. The van der Waals surface area contributed by atoms with Crippen LogP contribution in [0.15, 0.2) is 12.4 Å². The fourth-order valence-electron chi connectivity index (χ4n) is 0.999. The Morgan fingerprint density at radius 3 is 2.22 bits per heavy atom. The van der Waals surface area contributed by atoms with Crippen molar-refractivity contribution in [2.45, 2.75) is 11.7 Å². The molecule has 104 valence electrons. The van der Waals surface area contributed by atoms with E-state index in [1.807, 2.05) is 0 Å². The first kappa shape index (κ1) is 15.5. The molecule has 0 aliphatic carbocycles. The van der Waals surface area contributed by atoms with Gasteiger partial charge in [-0.3, -0.25) is 9.13 Å². The summed E-state index contributed by atoms with van der Waals surface area (Å²) in [5.41, 5.74) is 0. The van der Waals surface area contributed by atoms with Crippen LogP contribution in [0.4, 0.5) is 0 Å². The molecular weight excluding hydrogens is 290 g/mol. The van der Waals surface area contributed by atoms with Gasteiger partial charge < -0.3 is 34.4 Å². The number of hydrogen-bond acceptors (Lipinski definition) is 5. The monoisotopic (exact) mass is 302 g/mol. The Morgan fingerprint density at radius 2 is 1.83 bits per heavy atom. The van der Waals surface area contributed by atoms with Gasteiger partial charge in [-0.2, -0.15) is 0 Å². The standard InChI is InChI=1S/C6H12N2O8P2/c9-6(17(10,11)12,18(13,14)15)4-16-3-5-7-1-2-8-5/h1-2,9H,3-4H2,(H,7,8)(H2,10,11,12)(H2,13,14,15). The normalized spacial score (nSPS) is 13.8. The number of rotatable bonds is 6. The van der Waals surface area contributed by atoms with E-state index in [2.05, 4.69) is 14.7 Å². The zero-order valence-corrected chi connectivity index (χ0v) is 10.7. The third-order valence-corrected chi connectivity index (χ3v) is 5.71. The summed E-state index contributed by atoms with van der Waals surface area (Å²) in [5.74, 6) is 0.272. The third-order valence-electron chi connectivity index (χ3n) is 2.02. The molecular formula is C6H12N2O8P2. The molecule has 1 aromatic heterocycles. The second-order valence-electron chi connectivity index (χ2n) is 3.39. The van der Waals surface area contributed by atoms with Gasteiger partial charge in [-0.05, 0) is 0 Å². The third kappa shape index (κ3) is 3.25. The molecule has 0 bridgehead atoms. The highest BCUT2D eigenvalue weighted by Gasteiger charge is 2.59. The van der Waals surface area contributed by atoms with Crippen LogP contribution in [0.5, 0.6) is 0 Å². The van der Waals surface area contributed by atoms with Gasteiger partial charge in [-0.15, -0.1) is 0 Å². The molecule has 0 aliphatic heterocycles. The summed E-state index contributed by atoms with van der Waals surface area (Å²) in [6, 6.07) is 0. The Balaban J connectivity index is 2.76. The van der Waals surface area contributed by atoms with E-state index in [9.17, 15) is 14.2 Å². The molecule has 0 radical (unpaired) electrons. The van der Waals surface area contributed by atoms with Crippen LogP contribution in [0.25, 0.3) is 0 Å². The number of hydrogen-bond donors (Lipinski definition) is 6. The van der Waals surface area contributed by atoms with Crippen molar-refractivity contribution in [2.75, 3.05) is 6.61 Å². The van der Waals surface area contributed by atoms with E-state index < -0.39 is 26.9 Å². The zero-order chi connectivity index (χ0) is 14.0. The molecule has 0 aromatic carbocycles. The fourth-order valence-corrected chi connectivity index (χ4v) is 2.88. The van der Waals surface area contributed by atoms with E-state index in [4.69, 9.17) is 19.6 Å². The van der Waals surface area contributed by atoms with E-state index in [0.717, 1.165) is 0 Å². The molecule has 6 N–H and O–H groups in total. The van der Waals surface area contributed by atoms with Gasteiger partial charge in [0.2, 0.25) is 0 Å². The Hall–Kier alpha value is -0.570. The van der Waals surface area contributed by atoms with Gasteiger partial charge in [0.25, 0.3) is 5.08 Å². The van der Waals surface area contributed by atoms with E-state index in [-0.39, 0.29) is 12.4 Å². The largest absolute Gasteiger partial charge is 0.371 e. The van der Waals surface area contributed by atoms with Crippen molar-refractivity contribution in [1.82, 2.24) is 9.97 Å². The Bertz CT molecular complexity index is 454. The van der Waals surface area contributed by atoms with Gasteiger partial charge in [-0.1, -0.05) is 0 Å². The predicted octanol–water partition coefficient (Wildman–Crippen LogP) is -1.07. The molecule has 0 amide bonds. The quantitative estimate of drug-likeness (QED) is 0.357. The van der Waals surface area contributed by atoms with Gasteiger partial charge in [0, 0.05) is 12.4 Å². The molecule has 1 rings (SSSR count). The summed E-state index contributed by atoms with van der Waals surface area (Å²) in [6.07, 6.45) is 2.84. The highest BCUT2D eigenvalue weighted by Crippen LogP contribution is 2.67. The summed E-state index contributed by atoms with van der Waals surface area (Å²) in [5, 5.41) is 5.87. The van der Waals surface area contributed by atoms with Crippen LogP contribution in [-0.2, 0) is 20.5 Å². The Morgan fingerprint density at radius 1 is 1.28 bits per heavy atom. The average molecular weight is 302 g/mol. The highest BCUT2D eigenvalue weighted by atomic mass is 31.2. The first-order valence-electron chi connectivity index (χ1n) is 4.47. The molecule has 18 heavy (non-hydrogen) atoms. The molecule has 0 aliphatic rings. The molecule has 0 saturated heterocycles. The summed E-state index contributed by atoms with van der Waals surface area (Å²) in [4.78, 5) is 41.5. The van der Waals surface area contributed by atoms with Crippen molar-refractivity contribution >= 4 is 15.2 Å². The number of nitrogens with one attached hydrogen (secondary N) is 1. The number of ether oxygens (including phenoxy) is 1. The zero-order valence-electron chi connectivity index (χ0n) is 8.87. The smallest absolute Gasteiger partial charge is 0.369 e. The van der Waals surface area contributed by atoms with Crippen molar-refractivity contribution in [2.24, 2.45) is 0 Å². The maximum atomic E-state index is 10.9. The van der Waals surface area contributed by atoms with Gasteiger partial charge in [0.05, 0.1) is 0 Å². The second-order valence-corrected chi connectivity index (χ2v) is 7.40. The van der Waals surface area contributed by atoms with E-state index in [1.165, 1.54) is 12.4 Å². The molecule has 0 unspecified atom stereocenters. The summed E-state index contributed by atoms with van der Waals surface area (Å²) < 4.78 is 26.6. The molecule has 10 nitrogen and oxygen atoms in total. The Kier molecular flexibility index (Phi) is 4.47. The van der Waals surface area contributed by atoms with Gasteiger partial charge in [0.1, 0.15) is 19.0 Å². The van der Waals surface area contributed by atoms with Crippen LogP contribution in [0.1, 0.15) is 5.82 Å². The lowest BCUT2D eigenvalue weighted by molar-refractivity contribution is 0.0158. The van der Waals surface area contributed by atoms with Crippen molar-refractivity contribution in [3.63, 3.8) is 0 Å². The van der Waals surface area contributed by atoms with E-state index in [1.54, 1.807) is 0 Å². The summed E-state index contributed by atoms with van der Waals surface area (Å²) in [7, 11) is -11.0. The van der Waals surface area contributed by atoms with Crippen LogP contribution < -0.4 is 0 Å².